The van der Waals surface area contributed by atoms with Gasteiger partial charge in [0.05, 0.1) is 47.1 Å². The smallest absolute Gasteiger partial charge is 0.142 e. The summed E-state index contributed by atoms with van der Waals surface area (Å²) in [5.41, 5.74) is 12.0. The lowest BCUT2D eigenvalue weighted by atomic mass is 9.72. The molecule has 8 bridgehead atoms. The van der Waals surface area contributed by atoms with Crippen molar-refractivity contribution >= 4 is 34.2 Å². The van der Waals surface area contributed by atoms with Crippen LogP contribution in [0.1, 0.15) is 34.6 Å². The molecular weight excluding hydrogens is 713 g/mol. The van der Waals surface area contributed by atoms with Crippen molar-refractivity contribution in [2.45, 2.75) is 11.8 Å². The number of hydrogen-bond acceptors (Lipinski definition) is 6. The molecule has 0 saturated carbocycles. The fourth-order valence-corrected chi connectivity index (χ4v) is 8.37. The molecule has 0 amide bonds. The highest BCUT2D eigenvalue weighted by Crippen LogP contribution is 2.52. The number of aromatic amines is 2. The van der Waals surface area contributed by atoms with Gasteiger partial charge in [0.1, 0.15) is 11.8 Å². The number of nitrogens with zero attached hydrogens (tertiary/aromatic N) is 6. The molecule has 0 spiro atoms. The molecule has 4 aromatic carbocycles. The minimum Gasteiger partial charge on any atom is -0.354 e. The van der Waals surface area contributed by atoms with Crippen LogP contribution in [0.15, 0.2) is 146 Å². The molecule has 58 heavy (non-hydrogen) atoms. The van der Waals surface area contributed by atoms with Gasteiger partial charge in [0, 0.05) is 56.2 Å². The van der Waals surface area contributed by atoms with Crippen LogP contribution in [-0.2, 0) is 0 Å². The highest BCUT2D eigenvalue weighted by molar-refractivity contribution is 5.97. The van der Waals surface area contributed by atoms with Crippen LogP contribution in [0.3, 0.4) is 0 Å². The van der Waals surface area contributed by atoms with Crippen LogP contribution in [-0.4, -0.2) is 19.9 Å². The average Bonchev–Trinajstić information content (AvgIpc) is 4.11. The molecule has 7 aromatic rings. The second kappa shape index (κ2) is 15.1. The first-order chi connectivity index (χ1) is 28.6. The summed E-state index contributed by atoms with van der Waals surface area (Å²) in [6.45, 7) is 0. The van der Waals surface area contributed by atoms with E-state index in [9.17, 15) is 21.0 Å². The average molecular weight is 745 g/mol. The molecule has 0 fully saturated rings. The Balaban J connectivity index is 1.56. The maximum atomic E-state index is 10.6. The van der Waals surface area contributed by atoms with Crippen LogP contribution in [0.5, 0.6) is 0 Å². The summed E-state index contributed by atoms with van der Waals surface area (Å²) in [7, 11) is 0. The van der Waals surface area contributed by atoms with E-state index in [0.29, 0.717) is 33.5 Å². The Labute approximate surface area is 334 Å². The quantitative estimate of drug-likeness (QED) is 0.173. The molecule has 2 aliphatic rings. The predicted octanol–water partition coefficient (Wildman–Crippen LogP) is 11.3. The third-order valence-electron chi connectivity index (χ3n) is 10.9. The Hall–Kier alpha value is -8.30. The van der Waals surface area contributed by atoms with Gasteiger partial charge < -0.3 is 9.97 Å². The lowest BCUT2D eigenvalue weighted by Gasteiger charge is -2.23. The van der Waals surface area contributed by atoms with Gasteiger partial charge in [-0.25, -0.2) is 4.98 Å². The zero-order valence-corrected chi connectivity index (χ0v) is 31.0. The molecule has 8 heteroatoms. The van der Waals surface area contributed by atoms with Gasteiger partial charge in [-0.2, -0.15) is 21.0 Å². The van der Waals surface area contributed by atoms with E-state index in [4.69, 9.17) is 9.97 Å². The van der Waals surface area contributed by atoms with Crippen LogP contribution in [0.4, 0.5) is 0 Å². The highest BCUT2D eigenvalue weighted by Gasteiger charge is 2.46. The predicted molar refractivity (Wildman–Crippen MR) is 227 cm³/mol. The fraction of sp³-hybridized carbons (Fsp3) is 0.0800. The molecule has 3 aromatic heterocycles. The Kier molecular flexibility index (Phi) is 9.21. The van der Waals surface area contributed by atoms with Crippen molar-refractivity contribution < 1.29 is 0 Å². The number of benzene rings is 4. The molecule has 2 aliphatic heterocycles. The van der Waals surface area contributed by atoms with Gasteiger partial charge in [0.2, 0.25) is 0 Å². The minimum atomic E-state index is -1.24. The molecule has 8 nitrogen and oxygen atoms in total. The summed E-state index contributed by atoms with van der Waals surface area (Å²) in [5, 5.41) is 42.6. The van der Waals surface area contributed by atoms with Crippen molar-refractivity contribution in [3.63, 3.8) is 0 Å². The molecule has 0 aliphatic carbocycles. The van der Waals surface area contributed by atoms with Gasteiger partial charge in [0.25, 0.3) is 0 Å². The molecule has 0 radical (unpaired) electrons. The minimum absolute atomic E-state index is 0.446. The Morgan fingerprint density at radius 1 is 0.379 bits per heavy atom. The first-order valence-electron chi connectivity index (χ1n) is 18.9. The first-order valence-corrected chi connectivity index (χ1v) is 18.9. The van der Waals surface area contributed by atoms with Crippen molar-refractivity contribution in [2.75, 3.05) is 0 Å². The van der Waals surface area contributed by atoms with E-state index >= 15 is 0 Å². The van der Waals surface area contributed by atoms with E-state index in [1.54, 1.807) is 0 Å². The summed E-state index contributed by atoms with van der Waals surface area (Å²) in [6, 6.07) is 56.5. The number of nitrogens with one attached hydrogen (secondary N) is 2. The van der Waals surface area contributed by atoms with E-state index in [-0.39, 0.29) is 0 Å². The zero-order valence-electron chi connectivity index (χ0n) is 31.0. The normalized spacial score (nSPS) is 14.4. The summed E-state index contributed by atoms with van der Waals surface area (Å²) in [4.78, 5) is 18.2. The topological polar surface area (TPSA) is 153 Å². The summed E-state index contributed by atoms with van der Waals surface area (Å²) in [6.07, 6.45) is 4.09. The van der Waals surface area contributed by atoms with Gasteiger partial charge in [-0.15, -0.1) is 0 Å². The molecule has 2 N–H and O–H groups in total. The number of H-pyrrole nitrogens is 2. The van der Waals surface area contributed by atoms with Gasteiger partial charge in [-0.1, -0.05) is 121 Å². The Morgan fingerprint density at radius 2 is 0.672 bits per heavy atom. The second-order valence-corrected chi connectivity index (χ2v) is 14.2. The number of rotatable bonds is 6. The van der Waals surface area contributed by atoms with Crippen LogP contribution in [0.25, 0.3) is 78.7 Å². The first kappa shape index (κ1) is 35.4. The maximum Gasteiger partial charge on any atom is 0.142 e. The zero-order chi connectivity index (χ0) is 39.6. The molecule has 0 saturated heterocycles. The monoisotopic (exact) mass is 744 g/mol. The summed E-state index contributed by atoms with van der Waals surface area (Å²) < 4.78 is 0. The standard InChI is InChI=1S/C50H32N8/c51-27-35(28-52)47-48(36(29-53)30-54)50-46(34-19-11-4-12-20-34)42-26-24-40(57-42)44(32-15-7-2-8-16-32)38-22-21-37(55-38)43(31-13-5-1-6-14-31)39-23-25-41(56-39)45(49(47)58-50)33-17-9-3-10-18-33/h1-26,35-36,47-48,56-57H/t47-,48-/m1/s1. The van der Waals surface area contributed by atoms with Crippen molar-refractivity contribution in [3.8, 4) is 68.8 Å². The number of hydrogen-bond donors (Lipinski definition) is 2. The third-order valence-corrected chi connectivity index (χ3v) is 10.9. The van der Waals surface area contributed by atoms with Crippen LogP contribution in [0, 0.1) is 57.2 Å². The second-order valence-electron chi connectivity index (χ2n) is 14.2. The highest BCUT2D eigenvalue weighted by atomic mass is 14.8. The number of fused-ring (bicyclic) bond motifs is 8. The van der Waals surface area contributed by atoms with Crippen molar-refractivity contribution in [2.24, 2.45) is 11.8 Å². The van der Waals surface area contributed by atoms with Crippen molar-refractivity contribution in [3.05, 3.63) is 168 Å². The fourth-order valence-electron chi connectivity index (χ4n) is 8.37. The van der Waals surface area contributed by atoms with Gasteiger partial charge in [0.15, 0.2) is 0 Å². The Bertz CT molecular complexity index is 2830. The molecule has 5 heterocycles. The number of aromatic nitrogens is 4. The van der Waals surface area contributed by atoms with Gasteiger partial charge in [-0.3, -0.25) is 4.98 Å². The van der Waals surface area contributed by atoms with E-state index in [1.165, 1.54) is 0 Å². The molecule has 2 atom stereocenters. The van der Waals surface area contributed by atoms with Crippen LogP contribution < -0.4 is 0 Å². The Morgan fingerprint density at radius 3 is 0.983 bits per heavy atom. The SMILES string of the molecule is N#CC(C#N)[C@H]1c2nc(c(-c3ccccc3)c3ccc([nH]3)c(-c3ccccc3)c3nc(c(-c4ccccc4)c4ccc([nH]4)c2-c2ccccc2)C=C3)[C@@H]1C(C#N)C#N. The maximum absolute atomic E-state index is 10.6. The summed E-state index contributed by atoms with van der Waals surface area (Å²) in [5.74, 6) is -4.37. The largest absolute Gasteiger partial charge is 0.354 e. The van der Waals surface area contributed by atoms with Gasteiger partial charge >= 0.3 is 0 Å². The van der Waals surface area contributed by atoms with E-state index < -0.39 is 23.7 Å². The van der Waals surface area contributed by atoms with Crippen molar-refractivity contribution in [1.82, 2.24) is 19.9 Å². The van der Waals surface area contributed by atoms with Gasteiger partial charge in [-0.05, 0) is 58.7 Å². The molecule has 9 rings (SSSR count). The lowest BCUT2D eigenvalue weighted by Crippen LogP contribution is -2.21. The third kappa shape index (κ3) is 6.09. The summed E-state index contributed by atoms with van der Waals surface area (Å²) >= 11 is 0. The van der Waals surface area contributed by atoms with Crippen molar-refractivity contribution in [1.29, 1.82) is 21.0 Å². The molecule has 0 unspecified atom stereocenters. The van der Waals surface area contributed by atoms with E-state index in [2.05, 4.69) is 58.5 Å². The lowest BCUT2D eigenvalue weighted by molar-refractivity contribution is 0.473. The van der Waals surface area contributed by atoms with E-state index in [0.717, 1.165) is 55.8 Å². The van der Waals surface area contributed by atoms with Crippen LogP contribution in [0.2, 0.25) is 0 Å². The van der Waals surface area contributed by atoms with Crippen LogP contribution >= 0.6 is 0 Å². The molecular formula is C50H32N8. The van der Waals surface area contributed by atoms with E-state index in [1.807, 2.05) is 133 Å². The molecule has 272 valence electrons. The number of nitriles is 4.